The van der Waals surface area contributed by atoms with E-state index in [2.05, 4.69) is 15.0 Å². The molecule has 0 saturated heterocycles. The number of carbonyl (C=O) groups is 1. The molecule has 0 fully saturated rings. The minimum atomic E-state index is -3.71. The van der Waals surface area contributed by atoms with Gasteiger partial charge in [-0.05, 0) is 41.8 Å². The smallest absolute Gasteiger partial charge is 0.263 e. The molecule has 0 aliphatic carbocycles. The molecule has 1 amide bonds. The molecule has 0 radical (unpaired) electrons. The predicted molar refractivity (Wildman–Crippen MR) is 115 cm³/mol. The molecule has 4 aromatic rings. The average molecular weight is 427 g/mol. The van der Waals surface area contributed by atoms with E-state index in [1.807, 2.05) is 41.1 Å². The van der Waals surface area contributed by atoms with E-state index < -0.39 is 10.0 Å². The number of nitrogens with zero attached hydrogens (tertiary/aromatic N) is 2. The fraction of sp³-hybridized carbons (Fsp3) is 0.100. The number of sulfonamides is 1. The lowest BCUT2D eigenvalue weighted by molar-refractivity contribution is -0.116. The number of hydrogen-bond donors (Lipinski definition) is 2. The number of fused-ring (bicyclic) bond motifs is 1. The topological polar surface area (TPSA) is 93.1 Å². The first-order valence-corrected chi connectivity index (χ1v) is 11.2. The summed E-state index contributed by atoms with van der Waals surface area (Å²) in [5.74, 6) is -0.140. The largest absolute Gasteiger partial charge is 0.347 e. The van der Waals surface area contributed by atoms with Gasteiger partial charge in [-0.25, -0.2) is 13.4 Å². The third-order valence-electron chi connectivity index (χ3n) is 4.36. The van der Waals surface area contributed by atoms with Gasteiger partial charge in [0.25, 0.3) is 10.0 Å². The van der Waals surface area contributed by atoms with Crippen LogP contribution in [0.1, 0.15) is 6.42 Å². The normalized spacial score (nSPS) is 11.4. The summed E-state index contributed by atoms with van der Waals surface area (Å²) < 4.78 is 29.1. The summed E-state index contributed by atoms with van der Waals surface area (Å²) in [7, 11) is -3.71. The van der Waals surface area contributed by atoms with Crippen molar-refractivity contribution in [2.24, 2.45) is 0 Å². The highest BCUT2D eigenvalue weighted by Gasteiger charge is 2.15. The number of amides is 1. The molecule has 7 nitrogen and oxygen atoms in total. The number of thiazole rings is 1. The molecule has 2 N–H and O–H groups in total. The molecule has 2 aromatic carbocycles. The van der Waals surface area contributed by atoms with Crippen molar-refractivity contribution in [3.05, 3.63) is 72.4 Å². The van der Waals surface area contributed by atoms with E-state index in [-0.39, 0.29) is 10.8 Å². The van der Waals surface area contributed by atoms with Crippen molar-refractivity contribution >= 4 is 49.0 Å². The number of nitrogens with one attached hydrogen (secondary N) is 2. The monoisotopic (exact) mass is 426 g/mol. The first-order chi connectivity index (χ1) is 14.0. The quantitative estimate of drug-likeness (QED) is 0.468. The molecule has 2 heterocycles. The molecule has 148 valence electrons. The van der Waals surface area contributed by atoms with Gasteiger partial charge in [-0.2, -0.15) is 0 Å². The third kappa shape index (κ3) is 4.47. The van der Waals surface area contributed by atoms with E-state index >= 15 is 0 Å². The Bertz CT molecular complexity index is 1230. The van der Waals surface area contributed by atoms with E-state index in [4.69, 9.17) is 0 Å². The Morgan fingerprint density at radius 1 is 1.07 bits per heavy atom. The maximum absolute atomic E-state index is 12.3. The van der Waals surface area contributed by atoms with Gasteiger partial charge in [-0.15, -0.1) is 11.3 Å². The zero-order chi connectivity index (χ0) is 20.3. The summed E-state index contributed by atoms with van der Waals surface area (Å²) in [6, 6.07) is 16.1. The van der Waals surface area contributed by atoms with E-state index in [1.54, 1.807) is 17.5 Å². The van der Waals surface area contributed by atoms with Gasteiger partial charge < -0.3 is 9.88 Å². The van der Waals surface area contributed by atoms with Crippen LogP contribution in [0.2, 0.25) is 0 Å². The van der Waals surface area contributed by atoms with Crippen LogP contribution in [0.15, 0.2) is 77.3 Å². The van der Waals surface area contributed by atoms with Gasteiger partial charge >= 0.3 is 0 Å². The first-order valence-electron chi connectivity index (χ1n) is 8.87. The van der Waals surface area contributed by atoms with Crippen LogP contribution >= 0.6 is 11.3 Å². The van der Waals surface area contributed by atoms with Crippen LogP contribution in [-0.2, 0) is 21.4 Å². The second-order valence-electron chi connectivity index (χ2n) is 6.33. The highest BCUT2D eigenvalue weighted by atomic mass is 32.2. The SMILES string of the molecule is O=C(CCn1ccc2ccccc21)Nc1ccc(S(=O)(=O)Nc2nccs2)cc1. The molecule has 9 heteroatoms. The van der Waals surface area contributed by atoms with Crippen molar-refractivity contribution in [3.63, 3.8) is 0 Å². The van der Waals surface area contributed by atoms with Crippen molar-refractivity contribution in [1.29, 1.82) is 0 Å². The second kappa shape index (κ2) is 8.06. The van der Waals surface area contributed by atoms with Gasteiger partial charge in [0, 0.05) is 41.9 Å². The lowest BCUT2D eigenvalue weighted by Crippen LogP contribution is -2.15. The van der Waals surface area contributed by atoms with Gasteiger partial charge in [0.15, 0.2) is 5.13 Å². The maximum Gasteiger partial charge on any atom is 0.263 e. The van der Waals surface area contributed by atoms with Crippen LogP contribution in [0.25, 0.3) is 10.9 Å². The Balaban J connectivity index is 1.36. The summed E-state index contributed by atoms with van der Waals surface area (Å²) in [6.07, 6.45) is 3.80. The molecule has 0 bridgehead atoms. The molecule has 0 spiro atoms. The van der Waals surface area contributed by atoms with Gasteiger partial charge in [0.05, 0.1) is 4.90 Å². The van der Waals surface area contributed by atoms with Crippen molar-refractivity contribution in [2.45, 2.75) is 17.9 Å². The minimum Gasteiger partial charge on any atom is -0.347 e. The van der Waals surface area contributed by atoms with Crippen LogP contribution in [-0.4, -0.2) is 23.9 Å². The van der Waals surface area contributed by atoms with Crippen LogP contribution in [0, 0.1) is 0 Å². The maximum atomic E-state index is 12.3. The molecule has 0 aliphatic rings. The van der Waals surface area contributed by atoms with Crippen molar-refractivity contribution in [2.75, 3.05) is 10.0 Å². The van der Waals surface area contributed by atoms with Crippen molar-refractivity contribution in [1.82, 2.24) is 9.55 Å². The Morgan fingerprint density at radius 3 is 2.62 bits per heavy atom. The van der Waals surface area contributed by atoms with Crippen molar-refractivity contribution in [3.8, 4) is 0 Å². The molecule has 29 heavy (non-hydrogen) atoms. The second-order valence-corrected chi connectivity index (χ2v) is 8.91. The standard InChI is InChI=1S/C20H18N4O3S2/c25-19(10-13-24-12-9-15-3-1-2-4-18(15)24)22-16-5-7-17(8-6-16)29(26,27)23-20-21-11-14-28-20/h1-9,11-12,14H,10,13H2,(H,21,23)(H,22,25). The van der Waals surface area contributed by atoms with E-state index in [0.29, 0.717) is 23.8 Å². The number of hydrogen-bond acceptors (Lipinski definition) is 5. The molecule has 0 unspecified atom stereocenters. The number of benzene rings is 2. The fourth-order valence-corrected chi connectivity index (χ4v) is 4.73. The van der Waals surface area contributed by atoms with Gasteiger partial charge in [-0.1, -0.05) is 18.2 Å². The van der Waals surface area contributed by atoms with E-state index in [1.165, 1.54) is 29.7 Å². The Kier molecular flexibility index (Phi) is 5.32. The van der Waals surface area contributed by atoms with Crippen molar-refractivity contribution < 1.29 is 13.2 Å². The predicted octanol–water partition coefficient (Wildman–Crippen LogP) is 3.93. The summed E-state index contributed by atoms with van der Waals surface area (Å²) in [5, 5.41) is 5.93. The Labute approximate surface area is 172 Å². The van der Waals surface area contributed by atoms with Crippen LogP contribution in [0.5, 0.6) is 0 Å². The average Bonchev–Trinajstić information content (AvgIpc) is 3.36. The Hall–Kier alpha value is -3.17. The molecule has 2 aromatic heterocycles. The molecule has 4 rings (SSSR count). The fourth-order valence-electron chi connectivity index (χ4n) is 2.95. The molecule has 0 atom stereocenters. The molecule has 0 aliphatic heterocycles. The highest BCUT2D eigenvalue weighted by molar-refractivity contribution is 7.93. The van der Waals surface area contributed by atoms with E-state index in [9.17, 15) is 13.2 Å². The lowest BCUT2D eigenvalue weighted by atomic mass is 10.2. The number of aryl methyl sites for hydroxylation is 1. The number of aromatic nitrogens is 2. The van der Waals surface area contributed by atoms with Gasteiger partial charge in [0.2, 0.25) is 5.91 Å². The summed E-state index contributed by atoms with van der Waals surface area (Å²) >= 11 is 1.20. The number of para-hydroxylation sites is 1. The lowest BCUT2D eigenvalue weighted by Gasteiger charge is -2.09. The molecular formula is C20H18N4O3S2. The van der Waals surface area contributed by atoms with Crippen LogP contribution in [0.4, 0.5) is 10.8 Å². The zero-order valence-corrected chi connectivity index (χ0v) is 16.9. The Morgan fingerprint density at radius 2 is 1.86 bits per heavy atom. The first kappa shape index (κ1) is 19.2. The van der Waals surface area contributed by atoms with Crippen LogP contribution in [0.3, 0.4) is 0 Å². The van der Waals surface area contributed by atoms with Gasteiger partial charge in [0.1, 0.15) is 0 Å². The third-order valence-corrected chi connectivity index (χ3v) is 6.53. The minimum absolute atomic E-state index is 0.101. The number of rotatable bonds is 7. The molecular weight excluding hydrogens is 408 g/mol. The van der Waals surface area contributed by atoms with Crippen LogP contribution < -0.4 is 10.0 Å². The summed E-state index contributed by atoms with van der Waals surface area (Å²) in [5.41, 5.74) is 1.63. The zero-order valence-electron chi connectivity index (χ0n) is 15.3. The molecule has 0 saturated carbocycles. The number of anilines is 2. The summed E-state index contributed by atoms with van der Waals surface area (Å²) in [6.45, 7) is 0.559. The number of carbonyl (C=O) groups excluding carboxylic acids is 1. The van der Waals surface area contributed by atoms with Gasteiger partial charge in [-0.3, -0.25) is 9.52 Å². The van der Waals surface area contributed by atoms with E-state index in [0.717, 1.165) is 10.9 Å². The highest BCUT2D eigenvalue weighted by Crippen LogP contribution is 2.20. The summed E-state index contributed by atoms with van der Waals surface area (Å²) in [4.78, 5) is 16.3.